The van der Waals surface area contributed by atoms with Crippen molar-refractivity contribution in [3.05, 3.63) is 83.4 Å². The lowest BCUT2D eigenvalue weighted by molar-refractivity contribution is 0.108. The van der Waals surface area contributed by atoms with Gasteiger partial charge in [0, 0.05) is 22.7 Å². The highest BCUT2D eigenvalue weighted by Gasteiger charge is 2.16. The van der Waals surface area contributed by atoms with Crippen molar-refractivity contribution in [3.8, 4) is 5.75 Å². The Morgan fingerprint density at radius 2 is 1.90 bits per heavy atom. The molecule has 0 unspecified atom stereocenters. The first-order valence-electron chi connectivity index (χ1n) is 8.87. The Labute approximate surface area is 181 Å². The molecule has 150 valence electrons. The van der Waals surface area contributed by atoms with E-state index in [4.69, 9.17) is 16.3 Å². The number of hydrogen-bond acceptors (Lipinski definition) is 6. The Morgan fingerprint density at radius 1 is 1.10 bits per heavy atom. The van der Waals surface area contributed by atoms with Crippen LogP contribution in [0, 0.1) is 5.82 Å². The second-order valence-electron chi connectivity index (χ2n) is 6.25. The third kappa shape index (κ3) is 4.22. The Kier molecular flexibility index (Phi) is 5.83. The summed E-state index contributed by atoms with van der Waals surface area (Å²) in [6.45, 7) is 0. The van der Waals surface area contributed by atoms with E-state index in [1.807, 2.05) is 18.2 Å². The molecule has 0 bridgehead atoms. The quantitative estimate of drug-likeness (QED) is 0.379. The Hall–Kier alpha value is -3.16. The largest absolute Gasteiger partial charge is 0.495 e. The van der Waals surface area contributed by atoms with Crippen LogP contribution in [0.1, 0.15) is 10.4 Å². The maximum atomic E-state index is 13.5. The van der Waals surface area contributed by atoms with Gasteiger partial charge in [0.25, 0.3) is 0 Å². The molecule has 4 aromatic rings. The molecule has 0 atom stereocenters. The van der Waals surface area contributed by atoms with Crippen LogP contribution < -0.4 is 10.1 Å². The van der Waals surface area contributed by atoms with Crippen molar-refractivity contribution in [2.75, 3.05) is 12.4 Å². The molecule has 0 amide bonds. The number of carbonyl (C=O) groups is 1. The van der Waals surface area contributed by atoms with Crippen molar-refractivity contribution in [2.24, 2.45) is 0 Å². The first-order valence-corrected chi connectivity index (χ1v) is 10.1. The highest BCUT2D eigenvalue weighted by Crippen LogP contribution is 2.37. The van der Waals surface area contributed by atoms with E-state index < -0.39 is 5.82 Å². The summed E-state index contributed by atoms with van der Waals surface area (Å²) in [6, 6.07) is 16.9. The maximum absolute atomic E-state index is 13.5. The number of halogens is 2. The molecule has 1 N–H and O–H groups in total. The number of benzene rings is 3. The summed E-state index contributed by atoms with van der Waals surface area (Å²) in [6.07, 6.45) is 1.41. The molecule has 0 radical (unpaired) electrons. The van der Waals surface area contributed by atoms with Crippen molar-refractivity contribution >= 4 is 50.9 Å². The van der Waals surface area contributed by atoms with Gasteiger partial charge in [-0.05, 0) is 36.0 Å². The number of rotatable bonds is 5. The van der Waals surface area contributed by atoms with E-state index in [2.05, 4.69) is 15.3 Å². The molecular weight excluding hydrogens is 425 g/mol. The lowest BCUT2D eigenvalue weighted by Gasteiger charge is -2.12. The highest BCUT2D eigenvalue weighted by atomic mass is 35.5. The molecule has 0 aliphatic carbocycles. The summed E-state index contributed by atoms with van der Waals surface area (Å²) < 4.78 is 18.9. The van der Waals surface area contributed by atoms with Crippen LogP contribution in [-0.2, 0) is 0 Å². The molecule has 4 rings (SSSR count). The molecule has 1 aromatic heterocycles. The summed E-state index contributed by atoms with van der Waals surface area (Å²) in [4.78, 5) is 21.9. The van der Waals surface area contributed by atoms with Crippen molar-refractivity contribution < 1.29 is 13.9 Å². The number of thioether (sulfide) groups is 1. The number of nitrogens with one attached hydrogen (secondary N) is 1. The molecule has 0 saturated heterocycles. The lowest BCUT2D eigenvalue weighted by Crippen LogP contribution is -1.99. The zero-order valence-corrected chi connectivity index (χ0v) is 17.3. The molecule has 5 nitrogen and oxygen atoms in total. The first-order chi connectivity index (χ1) is 14.5. The summed E-state index contributed by atoms with van der Waals surface area (Å²) >= 11 is 6.94. The van der Waals surface area contributed by atoms with Crippen LogP contribution in [0.4, 0.5) is 15.9 Å². The van der Waals surface area contributed by atoms with Crippen LogP contribution in [0.3, 0.4) is 0 Å². The average molecular weight is 440 g/mol. The Morgan fingerprint density at radius 3 is 2.63 bits per heavy atom. The van der Waals surface area contributed by atoms with Crippen LogP contribution in [0.15, 0.2) is 71.9 Å². The maximum Gasteiger partial charge on any atom is 0.224 e. The second kappa shape index (κ2) is 8.69. The van der Waals surface area contributed by atoms with Crippen LogP contribution in [0.2, 0.25) is 5.02 Å². The number of ether oxygens (including phenoxy) is 1. The normalized spacial score (nSPS) is 10.8. The van der Waals surface area contributed by atoms with E-state index in [1.165, 1.54) is 18.5 Å². The van der Waals surface area contributed by atoms with Crippen molar-refractivity contribution in [2.45, 2.75) is 4.90 Å². The monoisotopic (exact) mass is 439 g/mol. The van der Waals surface area contributed by atoms with Gasteiger partial charge in [0.15, 0.2) is 0 Å². The molecule has 1 heterocycles. The predicted octanol–water partition coefficient (Wildman–Crippen LogP) is 6.11. The molecule has 8 heteroatoms. The Bertz CT molecular complexity index is 1240. The van der Waals surface area contributed by atoms with Crippen LogP contribution in [0.25, 0.3) is 10.9 Å². The molecule has 0 aliphatic rings. The number of fused-ring (bicyclic) bond motifs is 1. The van der Waals surface area contributed by atoms with Gasteiger partial charge in [-0.15, -0.1) is 0 Å². The fourth-order valence-corrected chi connectivity index (χ4v) is 3.90. The number of anilines is 2. The zero-order valence-electron chi connectivity index (χ0n) is 15.7. The number of methoxy groups -OCH3 is 1. The van der Waals surface area contributed by atoms with E-state index >= 15 is 0 Å². The van der Waals surface area contributed by atoms with E-state index in [-0.39, 0.29) is 10.1 Å². The lowest BCUT2D eigenvalue weighted by atomic mass is 10.2. The summed E-state index contributed by atoms with van der Waals surface area (Å²) in [5.41, 5.74) is 1.80. The molecule has 0 saturated carbocycles. The number of hydrogen-bond donors (Lipinski definition) is 1. The third-order valence-corrected chi connectivity index (χ3v) is 5.56. The number of nitrogens with zero attached hydrogens (tertiary/aromatic N) is 2. The van der Waals surface area contributed by atoms with Crippen molar-refractivity contribution in [1.82, 2.24) is 9.97 Å². The molecule has 3 aromatic carbocycles. The standard InChI is InChI=1S/C22H15ClFN3O2S/c1-29-19-11-18-15(10-20(19)30-22(28)13-5-3-2-4-6-13)21(26-12-25-18)27-14-7-8-17(24)16(23)9-14/h2-12H,1H3,(H,25,26,27). The van der Waals surface area contributed by atoms with Gasteiger partial charge < -0.3 is 10.1 Å². The average Bonchev–Trinajstić information content (AvgIpc) is 2.77. The van der Waals surface area contributed by atoms with Gasteiger partial charge in [0.05, 0.1) is 22.5 Å². The van der Waals surface area contributed by atoms with E-state index in [0.29, 0.717) is 38.6 Å². The number of aromatic nitrogens is 2. The second-order valence-corrected chi connectivity index (χ2v) is 7.67. The van der Waals surface area contributed by atoms with Crippen LogP contribution >= 0.6 is 23.4 Å². The van der Waals surface area contributed by atoms with Crippen molar-refractivity contribution in [1.29, 1.82) is 0 Å². The molecular formula is C22H15ClFN3O2S. The minimum Gasteiger partial charge on any atom is -0.495 e. The van der Waals surface area contributed by atoms with Gasteiger partial charge in [0.1, 0.15) is 23.7 Å². The van der Waals surface area contributed by atoms with Gasteiger partial charge in [-0.2, -0.15) is 0 Å². The van der Waals surface area contributed by atoms with Crippen molar-refractivity contribution in [3.63, 3.8) is 0 Å². The van der Waals surface area contributed by atoms with E-state index in [0.717, 1.165) is 11.8 Å². The fraction of sp³-hybridized carbons (Fsp3) is 0.0455. The minimum atomic E-state index is -0.502. The molecule has 0 aliphatic heterocycles. The van der Waals surface area contributed by atoms with Gasteiger partial charge in [-0.1, -0.05) is 41.9 Å². The zero-order chi connectivity index (χ0) is 21.1. The van der Waals surface area contributed by atoms with Crippen LogP contribution in [0.5, 0.6) is 5.75 Å². The Balaban J connectivity index is 1.73. The SMILES string of the molecule is COc1cc2ncnc(Nc3ccc(F)c(Cl)c3)c2cc1SC(=O)c1ccccc1. The highest BCUT2D eigenvalue weighted by molar-refractivity contribution is 8.14. The summed E-state index contributed by atoms with van der Waals surface area (Å²) in [5.74, 6) is 0.531. The number of carbonyl (C=O) groups excluding carboxylic acids is 1. The van der Waals surface area contributed by atoms with E-state index in [9.17, 15) is 9.18 Å². The predicted molar refractivity (Wildman–Crippen MR) is 117 cm³/mol. The third-order valence-electron chi connectivity index (χ3n) is 4.32. The fourth-order valence-electron chi connectivity index (χ4n) is 2.85. The van der Waals surface area contributed by atoms with Crippen LogP contribution in [-0.4, -0.2) is 22.2 Å². The summed E-state index contributed by atoms with van der Waals surface area (Å²) in [5, 5.41) is 3.71. The van der Waals surface area contributed by atoms with Gasteiger partial charge in [-0.3, -0.25) is 4.79 Å². The van der Waals surface area contributed by atoms with Gasteiger partial charge in [-0.25, -0.2) is 14.4 Å². The molecule has 30 heavy (non-hydrogen) atoms. The molecule has 0 fully saturated rings. The smallest absolute Gasteiger partial charge is 0.224 e. The van der Waals surface area contributed by atoms with E-state index in [1.54, 1.807) is 37.4 Å². The topological polar surface area (TPSA) is 64.1 Å². The minimum absolute atomic E-state index is 0.00438. The molecule has 0 spiro atoms. The van der Waals surface area contributed by atoms with Gasteiger partial charge >= 0.3 is 0 Å². The first kappa shape index (κ1) is 20.1. The summed E-state index contributed by atoms with van der Waals surface area (Å²) in [7, 11) is 1.54. The van der Waals surface area contributed by atoms with Gasteiger partial charge in [0.2, 0.25) is 5.12 Å².